The molecule has 0 aliphatic carbocycles. The predicted molar refractivity (Wildman–Crippen MR) is 95.8 cm³/mol. The van der Waals surface area contributed by atoms with Crippen molar-refractivity contribution in [2.45, 2.75) is 24.8 Å². The van der Waals surface area contributed by atoms with Crippen molar-refractivity contribution in [3.8, 4) is 0 Å². The van der Waals surface area contributed by atoms with Crippen molar-refractivity contribution in [1.82, 2.24) is 14.8 Å². The van der Waals surface area contributed by atoms with Crippen LogP contribution in [0.2, 0.25) is 0 Å². The van der Waals surface area contributed by atoms with Crippen molar-refractivity contribution in [3.05, 3.63) is 59.4 Å². The summed E-state index contributed by atoms with van der Waals surface area (Å²) >= 11 is 0. The number of alkyl halides is 2. The van der Waals surface area contributed by atoms with E-state index in [0.717, 1.165) is 19.5 Å². The maximum atomic E-state index is 13.5. The molecule has 3 heterocycles. The second-order valence-electron chi connectivity index (χ2n) is 6.49. The van der Waals surface area contributed by atoms with Crippen LogP contribution in [-0.4, -0.2) is 40.2 Å². The van der Waals surface area contributed by atoms with E-state index in [-0.39, 0.29) is 11.7 Å². The Bertz CT molecular complexity index is 834. The molecule has 2 aliphatic rings. The summed E-state index contributed by atoms with van der Waals surface area (Å²) in [6, 6.07) is 8.33. The van der Waals surface area contributed by atoms with Crippen LogP contribution in [0.15, 0.2) is 48.2 Å². The van der Waals surface area contributed by atoms with Gasteiger partial charge >= 0.3 is 0 Å². The van der Waals surface area contributed by atoms with E-state index in [4.69, 9.17) is 0 Å². The summed E-state index contributed by atoms with van der Waals surface area (Å²) in [5, 5.41) is 1.26. The highest BCUT2D eigenvalue weighted by molar-refractivity contribution is 7.18. The van der Waals surface area contributed by atoms with Crippen LogP contribution in [0, 0.1) is 0 Å². The van der Waals surface area contributed by atoms with Gasteiger partial charge in [-0.05, 0) is 17.7 Å². The second-order valence-corrected chi connectivity index (χ2v) is 7.22. The lowest BCUT2D eigenvalue weighted by molar-refractivity contribution is 0.104. The molecule has 4 rings (SSSR count). The Hall–Kier alpha value is -1.71. The zero-order valence-electron chi connectivity index (χ0n) is 13.5. The van der Waals surface area contributed by atoms with Crippen LogP contribution in [0.4, 0.5) is 8.78 Å². The smallest absolute Gasteiger partial charge is 0.285 e. The van der Waals surface area contributed by atoms with Gasteiger partial charge in [0.05, 0.1) is 0 Å². The highest BCUT2D eigenvalue weighted by Crippen LogP contribution is 2.35. The van der Waals surface area contributed by atoms with E-state index in [1.54, 1.807) is 21.5 Å². The average Bonchev–Trinajstić information content (AvgIpc) is 2.91. The molecule has 24 heavy (non-hydrogen) atoms. The Labute approximate surface area is 142 Å². The molecule has 2 aliphatic heterocycles. The Morgan fingerprint density at radius 3 is 2.83 bits per heavy atom. The van der Waals surface area contributed by atoms with Gasteiger partial charge in [0.2, 0.25) is 0 Å². The Morgan fingerprint density at radius 1 is 1.29 bits per heavy atom. The van der Waals surface area contributed by atoms with E-state index < -0.39 is 5.66 Å². The minimum Gasteiger partial charge on any atom is -0.361 e. The minimum absolute atomic E-state index is 0.00270. The SMILES string of the molecule is CN1C=C(C(F)(F)P)C=CC1N1CCc2[nH]c3ccccc3c2C1. The molecular formula is C18H20F2N3P. The molecule has 6 heteroatoms. The molecule has 0 spiro atoms. The largest absolute Gasteiger partial charge is 0.361 e. The molecule has 0 fully saturated rings. The summed E-state index contributed by atoms with van der Waals surface area (Å²) in [6.45, 7) is 1.72. The fraction of sp³-hybridized carbons (Fsp3) is 0.333. The molecule has 1 aromatic heterocycles. The maximum absolute atomic E-state index is 13.5. The van der Waals surface area contributed by atoms with Crippen LogP contribution in [0.1, 0.15) is 11.3 Å². The second kappa shape index (κ2) is 5.68. The fourth-order valence-corrected chi connectivity index (χ4v) is 3.82. The third-order valence-electron chi connectivity index (χ3n) is 4.88. The number of aromatic amines is 1. The van der Waals surface area contributed by atoms with Gasteiger partial charge in [-0.15, -0.1) is 0 Å². The van der Waals surface area contributed by atoms with Crippen LogP contribution in [-0.2, 0) is 13.0 Å². The van der Waals surface area contributed by atoms with Crippen LogP contribution >= 0.6 is 9.24 Å². The molecule has 3 nitrogen and oxygen atoms in total. The maximum Gasteiger partial charge on any atom is 0.285 e. The number of hydrogen-bond acceptors (Lipinski definition) is 2. The third-order valence-corrected chi connectivity index (χ3v) is 5.21. The molecule has 126 valence electrons. The van der Waals surface area contributed by atoms with Crippen LogP contribution in [0.5, 0.6) is 0 Å². The summed E-state index contributed by atoms with van der Waals surface area (Å²) in [5.74, 6) is 0. The number of nitrogens with zero attached hydrogens (tertiary/aromatic N) is 2. The third kappa shape index (κ3) is 2.66. The lowest BCUT2D eigenvalue weighted by Crippen LogP contribution is -2.46. The van der Waals surface area contributed by atoms with Gasteiger partial charge in [0.25, 0.3) is 5.66 Å². The van der Waals surface area contributed by atoms with Gasteiger partial charge in [-0.1, -0.05) is 33.5 Å². The number of para-hydroxylation sites is 1. The van der Waals surface area contributed by atoms with Gasteiger partial charge in [0.1, 0.15) is 6.17 Å². The number of H-pyrrole nitrogens is 1. The number of aromatic nitrogens is 1. The first kappa shape index (κ1) is 15.8. The summed E-state index contributed by atoms with van der Waals surface area (Å²) in [6.07, 6.45) is 5.90. The number of halogens is 2. The van der Waals surface area contributed by atoms with Gasteiger partial charge in [0, 0.05) is 54.9 Å². The summed E-state index contributed by atoms with van der Waals surface area (Å²) in [4.78, 5) is 7.70. The van der Waals surface area contributed by atoms with E-state index in [0.29, 0.717) is 0 Å². The molecule has 0 amide bonds. The summed E-state index contributed by atoms with van der Waals surface area (Å²) < 4.78 is 27.0. The molecule has 2 unspecified atom stereocenters. The number of rotatable bonds is 2. The molecule has 0 saturated carbocycles. The molecular weight excluding hydrogens is 327 g/mol. The first-order chi connectivity index (χ1) is 11.4. The van der Waals surface area contributed by atoms with Crippen molar-refractivity contribution < 1.29 is 8.78 Å². The quantitative estimate of drug-likeness (QED) is 0.837. The zero-order chi connectivity index (χ0) is 16.9. The first-order valence-electron chi connectivity index (χ1n) is 8.05. The number of benzene rings is 1. The molecule has 1 aromatic carbocycles. The molecule has 0 bridgehead atoms. The van der Waals surface area contributed by atoms with Crippen LogP contribution in [0.3, 0.4) is 0 Å². The highest BCUT2D eigenvalue weighted by Gasteiger charge is 2.32. The van der Waals surface area contributed by atoms with Crippen molar-refractivity contribution in [1.29, 1.82) is 0 Å². The molecule has 0 radical (unpaired) electrons. The molecule has 0 saturated heterocycles. The van der Waals surface area contributed by atoms with Crippen LogP contribution in [0.25, 0.3) is 10.9 Å². The van der Waals surface area contributed by atoms with Crippen molar-refractivity contribution in [2.24, 2.45) is 0 Å². The van der Waals surface area contributed by atoms with E-state index in [9.17, 15) is 8.78 Å². The van der Waals surface area contributed by atoms with Crippen molar-refractivity contribution >= 4 is 20.1 Å². The number of fused-ring (bicyclic) bond motifs is 3. The van der Waals surface area contributed by atoms with Gasteiger partial charge in [-0.25, -0.2) is 0 Å². The van der Waals surface area contributed by atoms with E-state index in [2.05, 4.69) is 28.1 Å². The number of likely N-dealkylation sites (N-methyl/N-ethyl adjacent to an activating group) is 1. The average molecular weight is 347 g/mol. The number of nitrogens with one attached hydrogen (secondary N) is 1. The fourth-order valence-electron chi connectivity index (χ4n) is 3.65. The molecule has 2 atom stereocenters. The lowest BCUT2D eigenvalue weighted by atomic mass is 10.0. The number of hydrogen-bond donors (Lipinski definition) is 1. The standard InChI is InChI=1S/C18H20F2N3P/c1-22-10-12(18(19,20)24)6-7-17(22)23-9-8-16-14(11-23)13-4-2-3-5-15(13)21-16/h2-7,10,17,21H,8-9,11,24H2,1H3. The normalized spacial score (nSPS) is 21.9. The van der Waals surface area contributed by atoms with Crippen molar-refractivity contribution in [2.75, 3.05) is 13.6 Å². The molecule has 1 N–H and O–H groups in total. The first-order valence-corrected chi connectivity index (χ1v) is 8.63. The highest BCUT2D eigenvalue weighted by atomic mass is 31.0. The van der Waals surface area contributed by atoms with Crippen molar-refractivity contribution in [3.63, 3.8) is 0 Å². The lowest BCUT2D eigenvalue weighted by Gasteiger charge is -2.40. The zero-order valence-corrected chi connectivity index (χ0v) is 14.6. The van der Waals surface area contributed by atoms with Gasteiger partial charge in [0.15, 0.2) is 0 Å². The molecule has 2 aromatic rings. The number of allylic oxidation sites excluding steroid dienone is 2. The van der Waals surface area contributed by atoms with Gasteiger partial charge in [-0.3, -0.25) is 4.90 Å². The van der Waals surface area contributed by atoms with E-state index >= 15 is 0 Å². The monoisotopic (exact) mass is 347 g/mol. The predicted octanol–water partition coefficient (Wildman–Crippen LogP) is 3.71. The minimum atomic E-state index is -2.89. The van der Waals surface area contributed by atoms with Gasteiger partial charge in [-0.2, -0.15) is 8.78 Å². The topological polar surface area (TPSA) is 22.3 Å². The van der Waals surface area contributed by atoms with Crippen LogP contribution < -0.4 is 0 Å². The Balaban J connectivity index is 1.60. The van der Waals surface area contributed by atoms with E-state index in [1.807, 2.05) is 24.1 Å². The summed E-state index contributed by atoms with van der Waals surface area (Å²) in [5.41, 5.74) is 0.923. The Morgan fingerprint density at radius 2 is 2.08 bits per heavy atom. The van der Waals surface area contributed by atoms with Gasteiger partial charge < -0.3 is 9.88 Å². The Kier molecular flexibility index (Phi) is 3.74. The summed E-state index contributed by atoms with van der Waals surface area (Å²) in [7, 11) is 3.46. The van der Waals surface area contributed by atoms with E-state index in [1.165, 1.54) is 22.2 Å².